The summed E-state index contributed by atoms with van der Waals surface area (Å²) in [5, 5.41) is 0. The van der Waals surface area contributed by atoms with Gasteiger partial charge >= 0.3 is 83.5 Å². The van der Waals surface area contributed by atoms with Gasteiger partial charge in [0.25, 0.3) is 0 Å². The van der Waals surface area contributed by atoms with Crippen LogP contribution in [-0.2, 0) is 16.4 Å². The Morgan fingerprint density at radius 3 is 0.429 bits per heavy atom. The van der Waals surface area contributed by atoms with Crippen molar-refractivity contribution in [3.05, 3.63) is 0 Å². The molecule has 0 saturated heterocycles. The molecule has 0 fully saturated rings. The van der Waals surface area contributed by atoms with Gasteiger partial charge in [0.05, 0.1) is 0 Å². The molecule has 0 unspecified atom stereocenters. The molecule has 0 rings (SSSR count). The van der Waals surface area contributed by atoms with Gasteiger partial charge in [-0.15, -0.1) is 0 Å². The summed E-state index contributed by atoms with van der Waals surface area (Å²) in [7, 11) is 0. The van der Waals surface area contributed by atoms with Crippen LogP contribution in [0.2, 0.25) is 0 Å². The standard InChI is InChI=1S/2Ce.3O.2Pr/q2*+3;3*-2;;. The van der Waals surface area contributed by atoms with Gasteiger partial charge in [-0.2, -0.15) is 0 Å². The second-order valence-corrected chi connectivity index (χ2v) is 0. The predicted molar refractivity (Wildman–Crippen MR) is 2.06 cm³/mol. The smallest absolute Gasteiger partial charge is 2.00 e. The first kappa shape index (κ1) is 55.5. The van der Waals surface area contributed by atoms with E-state index in [0.717, 1.165) is 0 Å². The molecule has 32 valence electrons. The molecule has 0 aliphatic heterocycles. The molecule has 0 aromatic heterocycles. The second-order valence-electron chi connectivity index (χ2n) is 0. The minimum atomic E-state index is 0. The van der Waals surface area contributed by atoms with Crippen molar-refractivity contribution >= 4 is 0 Å². The largest absolute Gasteiger partial charge is 3.00 e. The fourth-order valence-electron chi connectivity index (χ4n) is 0. The zero-order chi connectivity index (χ0) is 0. The summed E-state index contributed by atoms with van der Waals surface area (Å²) in [4.78, 5) is 0. The van der Waals surface area contributed by atoms with Crippen molar-refractivity contribution in [3.8, 4) is 0 Å². The first-order chi connectivity index (χ1) is 0. The van der Waals surface area contributed by atoms with E-state index in [0.29, 0.717) is 0 Å². The summed E-state index contributed by atoms with van der Waals surface area (Å²) in [5.41, 5.74) is 0. The fraction of sp³-hybridized carbons (Fsp3) is 0. The third-order valence-corrected chi connectivity index (χ3v) is 0. The zero-order valence-electron chi connectivity index (χ0n) is 3.38. The van der Waals surface area contributed by atoms with Crippen LogP contribution in [0, 0.1) is 166 Å². The van der Waals surface area contributed by atoms with E-state index in [1.54, 1.807) is 0 Å². The molecule has 3 nitrogen and oxygen atoms in total. The van der Waals surface area contributed by atoms with Gasteiger partial charge in [-0.05, 0) is 0 Å². The fourth-order valence-corrected chi connectivity index (χ4v) is 0. The van der Waals surface area contributed by atoms with Crippen molar-refractivity contribution in [2.75, 3.05) is 0 Å². The molecule has 0 heterocycles. The summed E-state index contributed by atoms with van der Waals surface area (Å²) in [6, 6.07) is 0. The van der Waals surface area contributed by atoms with E-state index >= 15 is 0 Å². The molecule has 7 heteroatoms. The van der Waals surface area contributed by atoms with Crippen LogP contribution in [0.15, 0.2) is 0 Å². The predicted octanol–water partition coefficient (Wildman–Crippen LogP) is -0.356. The van der Waals surface area contributed by atoms with E-state index in [1.807, 2.05) is 0 Å². The van der Waals surface area contributed by atoms with Gasteiger partial charge in [0.1, 0.15) is 0 Å². The molecule has 0 N–H and O–H groups in total. The minimum Gasteiger partial charge on any atom is -2.00 e. The SMILES string of the molecule is [Ce+3].[Ce+3].[O-2].[O-2].[O-2].[Pr].[Pr]. The molecule has 0 bridgehead atoms. The molecule has 4 radical (unpaired) electrons. The Kier molecular flexibility index (Phi) is 337. The normalized spacial score (nSPS) is 0. The van der Waals surface area contributed by atoms with Gasteiger partial charge in [0.2, 0.25) is 0 Å². The van der Waals surface area contributed by atoms with Crippen molar-refractivity contribution in [2.45, 2.75) is 0 Å². The Balaban J connectivity index is 0. The molecular formula is Ce2O3Pr2. The summed E-state index contributed by atoms with van der Waals surface area (Å²) >= 11 is 0. The molecule has 0 amide bonds. The van der Waals surface area contributed by atoms with Crippen LogP contribution in [0.4, 0.5) is 0 Å². The molecule has 0 aliphatic rings. The molecular weight excluding hydrogens is 610 g/mol. The molecule has 0 aliphatic carbocycles. The average molecular weight is 610 g/mol. The van der Waals surface area contributed by atoms with Crippen LogP contribution in [0.25, 0.3) is 0 Å². The van der Waals surface area contributed by atoms with Crippen molar-refractivity contribution in [1.82, 2.24) is 0 Å². The van der Waals surface area contributed by atoms with Crippen molar-refractivity contribution in [3.63, 3.8) is 0 Å². The average Bonchev–Trinajstić information content (AvgIpc) is 0. The second kappa shape index (κ2) is 42.4. The van der Waals surface area contributed by atoms with Gasteiger partial charge in [0, 0.05) is 82.6 Å². The minimum absolute atomic E-state index is 0. The van der Waals surface area contributed by atoms with Crippen LogP contribution in [0.3, 0.4) is 0 Å². The van der Waals surface area contributed by atoms with E-state index in [-0.39, 0.29) is 183 Å². The van der Waals surface area contributed by atoms with Crippen LogP contribution >= 0.6 is 0 Å². The maximum Gasteiger partial charge on any atom is 3.00 e. The third kappa shape index (κ3) is 34.6. The van der Waals surface area contributed by atoms with Crippen LogP contribution in [0.1, 0.15) is 0 Å². The van der Waals surface area contributed by atoms with E-state index in [2.05, 4.69) is 0 Å². The van der Waals surface area contributed by atoms with Crippen LogP contribution < -0.4 is 0 Å². The number of hydrogen-bond donors (Lipinski definition) is 0. The van der Waals surface area contributed by atoms with Gasteiger partial charge < -0.3 is 16.4 Å². The third-order valence-electron chi connectivity index (χ3n) is 0. The molecule has 0 spiro atoms. The summed E-state index contributed by atoms with van der Waals surface area (Å²) in [5.74, 6) is 0. The van der Waals surface area contributed by atoms with Crippen molar-refractivity contribution < 1.29 is 183 Å². The van der Waals surface area contributed by atoms with E-state index in [1.165, 1.54) is 0 Å². The van der Waals surface area contributed by atoms with Gasteiger partial charge in [-0.1, -0.05) is 0 Å². The molecule has 0 atom stereocenters. The zero-order valence-corrected chi connectivity index (χ0v) is 17.1. The van der Waals surface area contributed by atoms with Gasteiger partial charge in [0.15, 0.2) is 0 Å². The summed E-state index contributed by atoms with van der Waals surface area (Å²) in [6.45, 7) is 0. The van der Waals surface area contributed by atoms with Crippen LogP contribution in [0.5, 0.6) is 0 Å². The first-order valence-corrected chi connectivity index (χ1v) is 0. The van der Waals surface area contributed by atoms with E-state index < -0.39 is 0 Å². The quantitative estimate of drug-likeness (QED) is 0.360. The summed E-state index contributed by atoms with van der Waals surface area (Å²) in [6.07, 6.45) is 0. The Hall–Kier alpha value is 5.36. The van der Waals surface area contributed by atoms with Crippen molar-refractivity contribution in [2.24, 2.45) is 0 Å². The van der Waals surface area contributed by atoms with Gasteiger partial charge in [-0.3, -0.25) is 0 Å². The molecule has 0 saturated carbocycles. The molecule has 7 heavy (non-hydrogen) atoms. The maximum absolute atomic E-state index is 0. The van der Waals surface area contributed by atoms with Crippen molar-refractivity contribution in [1.29, 1.82) is 0 Å². The summed E-state index contributed by atoms with van der Waals surface area (Å²) < 4.78 is 0. The Morgan fingerprint density at radius 2 is 0.429 bits per heavy atom. The molecule has 0 aromatic carbocycles. The van der Waals surface area contributed by atoms with Gasteiger partial charge in [-0.25, -0.2) is 0 Å². The Labute approximate surface area is 176 Å². The Morgan fingerprint density at radius 1 is 0.429 bits per heavy atom. The van der Waals surface area contributed by atoms with E-state index in [4.69, 9.17) is 0 Å². The topological polar surface area (TPSA) is 85.5 Å². The molecule has 0 aromatic rings. The first-order valence-electron chi connectivity index (χ1n) is 0. The number of hydrogen-bond acceptors (Lipinski definition) is 0. The van der Waals surface area contributed by atoms with Crippen LogP contribution in [-0.4, -0.2) is 0 Å². The van der Waals surface area contributed by atoms with E-state index in [9.17, 15) is 0 Å². The monoisotopic (exact) mass is 610 g/mol. The maximum atomic E-state index is 0. The number of rotatable bonds is 0. The Bertz CT molecular complexity index is 10.9.